The first-order valence-electron chi connectivity index (χ1n) is 8.23. The van der Waals surface area contributed by atoms with Gasteiger partial charge in [-0.1, -0.05) is 72.8 Å². The van der Waals surface area contributed by atoms with Gasteiger partial charge in [-0.2, -0.15) is 0 Å². The second kappa shape index (κ2) is 5.83. The van der Waals surface area contributed by atoms with Crippen LogP contribution < -0.4 is 10.4 Å². The summed E-state index contributed by atoms with van der Waals surface area (Å²) in [6, 6.07) is 26.9. The molecule has 1 aliphatic rings. The number of benzene rings is 3. The summed E-state index contributed by atoms with van der Waals surface area (Å²) in [6.07, 6.45) is 0. The van der Waals surface area contributed by atoms with Crippen LogP contribution in [0.3, 0.4) is 0 Å². The minimum atomic E-state index is -2.76. The van der Waals surface area contributed by atoms with Gasteiger partial charge < -0.3 is 0 Å². The van der Waals surface area contributed by atoms with Crippen LogP contribution in [-0.2, 0) is 0 Å². The molecular weight excluding hydrogens is 326 g/mol. The lowest BCUT2D eigenvalue weighted by atomic mass is 10.1. The van der Waals surface area contributed by atoms with E-state index in [0.717, 1.165) is 10.4 Å². The van der Waals surface area contributed by atoms with E-state index in [9.17, 15) is 9.59 Å². The van der Waals surface area contributed by atoms with Crippen LogP contribution in [0.2, 0.25) is 6.55 Å². The molecule has 0 saturated carbocycles. The fourth-order valence-electron chi connectivity index (χ4n) is 3.55. The maximum Gasteiger partial charge on any atom is 0.254 e. The first-order valence-corrected chi connectivity index (χ1v) is 10.7. The average Bonchev–Trinajstić information content (AvgIpc) is 2.94. The summed E-state index contributed by atoms with van der Waals surface area (Å²) in [5.41, 5.74) is 0.996. The van der Waals surface area contributed by atoms with Gasteiger partial charge in [0.05, 0.1) is 11.1 Å². The Morgan fingerprint density at radius 2 is 0.960 bits per heavy atom. The summed E-state index contributed by atoms with van der Waals surface area (Å²) in [5.74, 6) is -0.384. The lowest BCUT2D eigenvalue weighted by molar-refractivity contribution is 0.0755. The van der Waals surface area contributed by atoms with Crippen molar-refractivity contribution in [3.05, 3.63) is 96.1 Å². The average molecular weight is 343 g/mol. The van der Waals surface area contributed by atoms with Crippen LogP contribution in [0.4, 0.5) is 0 Å². The molecule has 0 unspecified atom stereocenters. The van der Waals surface area contributed by atoms with Crippen LogP contribution in [-0.4, -0.2) is 24.6 Å². The zero-order chi connectivity index (χ0) is 17.4. The number of nitrogens with zero attached hydrogens (tertiary/aromatic N) is 1. The highest BCUT2D eigenvalue weighted by molar-refractivity contribution is 7.02. The Morgan fingerprint density at radius 3 is 1.36 bits per heavy atom. The quantitative estimate of drug-likeness (QED) is 0.542. The smallest absolute Gasteiger partial charge is 0.254 e. The van der Waals surface area contributed by atoms with Crippen molar-refractivity contribution in [3.8, 4) is 0 Å². The topological polar surface area (TPSA) is 37.4 Å². The summed E-state index contributed by atoms with van der Waals surface area (Å²) in [7, 11) is -2.76. The van der Waals surface area contributed by atoms with Crippen molar-refractivity contribution < 1.29 is 9.59 Å². The number of rotatable bonds is 3. The minimum Gasteiger partial charge on any atom is -0.295 e. The second-order valence-electron chi connectivity index (χ2n) is 6.30. The van der Waals surface area contributed by atoms with E-state index < -0.39 is 8.24 Å². The Hall–Kier alpha value is -2.98. The molecule has 0 spiro atoms. The first-order chi connectivity index (χ1) is 12.1. The molecule has 25 heavy (non-hydrogen) atoms. The van der Waals surface area contributed by atoms with Crippen molar-refractivity contribution in [2.45, 2.75) is 6.55 Å². The largest absolute Gasteiger partial charge is 0.295 e. The van der Waals surface area contributed by atoms with Crippen LogP contribution in [0, 0.1) is 0 Å². The number of hydrogen-bond donors (Lipinski definition) is 0. The van der Waals surface area contributed by atoms with E-state index in [1.54, 1.807) is 24.3 Å². The van der Waals surface area contributed by atoms with Crippen molar-refractivity contribution in [3.63, 3.8) is 0 Å². The van der Waals surface area contributed by atoms with Gasteiger partial charge in [0.2, 0.25) is 8.24 Å². The highest BCUT2D eigenvalue weighted by Gasteiger charge is 2.50. The van der Waals surface area contributed by atoms with Gasteiger partial charge >= 0.3 is 0 Å². The number of hydrogen-bond acceptors (Lipinski definition) is 2. The molecule has 4 rings (SSSR count). The first kappa shape index (κ1) is 15.5. The van der Waals surface area contributed by atoms with Gasteiger partial charge in [-0.25, -0.2) is 0 Å². The van der Waals surface area contributed by atoms with E-state index in [1.165, 1.54) is 4.57 Å². The predicted octanol–water partition coefficient (Wildman–Crippen LogP) is 2.67. The van der Waals surface area contributed by atoms with E-state index in [-0.39, 0.29) is 11.8 Å². The lowest BCUT2D eigenvalue weighted by Gasteiger charge is -2.36. The third kappa shape index (κ3) is 2.26. The Labute approximate surface area is 147 Å². The van der Waals surface area contributed by atoms with E-state index in [1.807, 2.05) is 60.7 Å². The molecule has 3 aromatic rings. The van der Waals surface area contributed by atoms with Crippen LogP contribution in [0.5, 0.6) is 0 Å². The van der Waals surface area contributed by atoms with E-state index >= 15 is 0 Å². The molecule has 4 heteroatoms. The fraction of sp³-hybridized carbons (Fsp3) is 0.0476. The van der Waals surface area contributed by atoms with Crippen LogP contribution in [0.25, 0.3) is 0 Å². The van der Waals surface area contributed by atoms with Gasteiger partial charge in [-0.3, -0.25) is 14.2 Å². The minimum absolute atomic E-state index is 0.192. The number of carbonyl (C=O) groups excluding carboxylic acids is 2. The molecule has 0 aliphatic carbocycles. The Balaban J connectivity index is 1.95. The molecule has 122 valence electrons. The number of imide groups is 1. The van der Waals surface area contributed by atoms with Crippen LogP contribution in [0.15, 0.2) is 84.9 Å². The van der Waals surface area contributed by atoms with Crippen molar-refractivity contribution in [2.24, 2.45) is 0 Å². The standard InChI is InChI=1S/C21H17NO2Si/c1-25(16-10-4-2-5-11-16,17-12-6-3-7-13-17)22-20(23)18-14-8-9-15-19(18)21(22)24/h2-15H,1H3. The summed E-state index contributed by atoms with van der Waals surface area (Å²) >= 11 is 0. The normalized spacial score (nSPS) is 13.9. The number of amides is 2. The summed E-state index contributed by atoms with van der Waals surface area (Å²) in [4.78, 5) is 26.3. The van der Waals surface area contributed by atoms with E-state index in [4.69, 9.17) is 0 Å². The predicted molar refractivity (Wildman–Crippen MR) is 101 cm³/mol. The van der Waals surface area contributed by atoms with Gasteiger partial charge in [-0.05, 0) is 29.1 Å². The Kier molecular flexibility index (Phi) is 3.62. The zero-order valence-electron chi connectivity index (χ0n) is 13.8. The molecule has 1 aliphatic heterocycles. The third-order valence-electron chi connectivity index (χ3n) is 4.91. The summed E-state index contributed by atoms with van der Waals surface area (Å²) in [5, 5.41) is 2.08. The fourth-order valence-corrected chi connectivity index (χ4v) is 7.13. The van der Waals surface area contributed by atoms with Crippen molar-refractivity contribution in [1.82, 2.24) is 4.57 Å². The van der Waals surface area contributed by atoms with Gasteiger partial charge in [-0.15, -0.1) is 0 Å². The molecule has 0 radical (unpaired) electrons. The Morgan fingerprint density at radius 1 is 0.600 bits per heavy atom. The molecule has 1 heterocycles. The van der Waals surface area contributed by atoms with Gasteiger partial charge in [0.1, 0.15) is 0 Å². The SMILES string of the molecule is C[Si](c1ccccc1)(c1ccccc1)N1C(=O)c2ccccc2C1=O. The molecule has 0 bridgehead atoms. The molecule has 0 saturated heterocycles. The van der Waals surface area contributed by atoms with Crippen LogP contribution >= 0.6 is 0 Å². The molecule has 3 nitrogen and oxygen atoms in total. The van der Waals surface area contributed by atoms with Crippen molar-refractivity contribution in [1.29, 1.82) is 0 Å². The summed E-state index contributed by atoms with van der Waals surface area (Å²) in [6.45, 7) is 2.07. The van der Waals surface area contributed by atoms with Crippen molar-refractivity contribution >= 4 is 30.4 Å². The third-order valence-corrected chi connectivity index (χ3v) is 9.13. The molecule has 2 amide bonds. The van der Waals surface area contributed by atoms with Gasteiger partial charge in [0.15, 0.2) is 0 Å². The molecule has 0 fully saturated rings. The molecule has 3 aromatic carbocycles. The van der Waals surface area contributed by atoms with Crippen LogP contribution in [0.1, 0.15) is 20.7 Å². The van der Waals surface area contributed by atoms with Gasteiger partial charge in [0, 0.05) is 0 Å². The van der Waals surface area contributed by atoms with Crippen molar-refractivity contribution in [2.75, 3.05) is 0 Å². The Bertz CT molecular complexity index is 879. The maximum atomic E-state index is 13.1. The number of carbonyl (C=O) groups is 2. The highest BCUT2D eigenvalue weighted by atomic mass is 28.3. The molecular formula is C21H17NO2Si. The van der Waals surface area contributed by atoms with Gasteiger partial charge in [0.25, 0.3) is 11.8 Å². The number of fused-ring (bicyclic) bond motifs is 1. The van der Waals surface area contributed by atoms with E-state index in [2.05, 4.69) is 6.55 Å². The molecule has 0 atom stereocenters. The molecule has 0 aromatic heterocycles. The zero-order valence-corrected chi connectivity index (χ0v) is 14.8. The highest BCUT2D eigenvalue weighted by Crippen LogP contribution is 2.27. The monoisotopic (exact) mass is 343 g/mol. The molecule has 0 N–H and O–H groups in total. The van der Waals surface area contributed by atoms with E-state index in [0.29, 0.717) is 11.1 Å². The second-order valence-corrected chi connectivity index (χ2v) is 10.0. The maximum absolute atomic E-state index is 13.1. The lowest BCUT2D eigenvalue weighted by Crippen LogP contribution is -2.69. The summed E-state index contributed by atoms with van der Waals surface area (Å²) < 4.78 is 1.53.